The van der Waals surface area contributed by atoms with E-state index in [0.717, 1.165) is 22.9 Å². The highest BCUT2D eigenvalue weighted by Gasteiger charge is 2.34. The van der Waals surface area contributed by atoms with Gasteiger partial charge in [-0.15, -0.1) is 0 Å². The summed E-state index contributed by atoms with van der Waals surface area (Å²) in [6.07, 6.45) is 8.51. The summed E-state index contributed by atoms with van der Waals surface area (Å²) < 4.78 is 6.16. The van der Waals surface area contributed by atoms with E-state index < -0.39 is 0 Å². The monoisotopic (exact) mass is 435 g/mol. The predicted octanol–water partition coefficient (Wildman–Crippen LogP) is 7.25. The average Bonchev–Trinajstić information content (AvgIpc) is 3.45. The highest BCUT2D eigenvalue weighted by Crippen LogP contribution is 2.45. The molecule has 4 heteroatoms. The van der Waals surface area contributed by atoms with Gasteiger partial charge in [0.1, 0.15) is 0 Å². The average molecular weight is 436 g/mol. The molecule has 0 spiro atoms. The van der Waals surface area contributed by atoms with E-state index in [1.54, 1.807) is 0 Å². The van der Waals surface area contributed by atoms with Crippen LogP contribution >= 0.6 is 0 Å². The Bertz CT molecular complexity index is 1090. The third-order valence-corrected chi connectivity index (χ3v) is 8.35. The lowest BCUT2D eigenvalue weighted by Gasteiger charge is -2.39. The maximum absolute atomic E-state index is 6.16. The van der Waals surface area contributed by atoms with Gasteiger partial charge in [-0.25, -0.2) is 5.16 Å². The number of rotatable bonds is 3. The molecule has 1 saturated heterocycles. The molecule has 1 aliphatic heterocycles. The maximum atomic E-state index is 6.16. The molecule has 2 fully saturated rings. The van der Waals surface area contributed by atoms with Gasteiger partial charge < -0.3 is 9.42 Å². The molecule has 0 radical (unpaired) electrons. The molecular formula is C28H41N3O. The van der Waals surface area contributed by atoms with Gasteiger partial charge in [-0.3, -0.25) is 4.98 Å². The Hall–Kier alpha value is -1.81. The molecule has 0 bridgehead atoms. The lowest BCUT2D eigenvalue weighted by atomic mass is 9.75. The zero-order valence-corrected chi connectivity index (χ0v) is 20.9. The highest BCUT2D eigenvalue weighted by molar-refractivity contribution is 6.07. The Kier molecular flexibility index (Phi) is 5.43. The Morgan fingerprint density at radius 2 is 1.81 bits per heavy atom. The number of nitrogens with one attached hydrogen (secondary N) is 1. The van der Waals surface area contributed by atoms with Crippen molar-refractivity contribution in [2.45, 2.75) is 85.0 Å². The van der Waals surface area contributed by atoms with Crippen LogP contribution < -0.4 is 0 Å². The SMILES string of the molecule is CC(C)(C)c1[nH]oc2c(C3CC[C@H](CN4CCC(C(C)(C)C)CC4)C3)cc3nccc3c12. The van der Waals surface area contributed by atoms with E-state index in [0.29, 0.717) is 11.3 Å². The van der Waals surface area contributed by atoms with E-state index in [1.807, 2.05) is 6.20 Å². The molecule has 174 valence electrons. The summed E-state index contributed by atoms with van der Waals surface area (Å²) >= 11 is 0. The number of hydrogen-bond acceptors (Lipinski definition) is 3. The topological polar surface area (TPSA) is 45.1 Å². The minimum atomic E-state index is 0.00542. The molecule has 2 aromatic heterocycles. The number of likely N-dealkylation sites (tertiary alicyclic amines) is 1. The molecule has 32 heavy (non-hydrogen) atoms. The number of H-pyrrole nitrogens is 1. The summed E-state index contributed by atoms with van der Waals surface area (Å²) in [6, 6.07) is 4.45. The number of piperidine rings is 1. The Balaban J connectivity index is 1.34. The second-order valence-electron chi connectivity index (χ2n) is 12.7. The van der Waals surface area contributed by atoms with Crippen molar-refractivity contribution in [1.82, 2.24) is 15.0 Å². The van der Waals surface area contributed by atoms with Crippen molar-refractivity contribution >= 4 is 21.9 Å². The minimum absolute atomic E-state index is 0.00542. The molecule has 2 aliphatic rings. The van der Waals surface area contributed by atoms with Crippen molar-refractivity contribution in [3.8, 4) is 0 Å². The van der Waals surface area contributed by atoms with E-state index in [2.05, 4.69) is 68.7 Å². The first-order chi connectivity index (χ1) is 15.1. The fraction of sp³-hybridized carbons (Fsp3) is 0.679. The quantitative estimate of drug-likeness (QED) is 0.471. The maximum Gasteiger partial charge on any atom is 0.168 e. The van der Waals surface area contributed by atoms with Gasteiger partial charge in [0.2, 0.25) is 0 Å². The van der Waals surface area contributed by atoms with Crippen LogP contribution in [0.25, 0.3) is 21.9 Å². The molecule has 2 atom stereocenters. The van der Waals surface area contributed by atoms with Crippen LogP contribution in [-0.2, 0) is 5.41 Å². The molecule has 1 aromatic carbocycles. The number of aromatic nitrogens is 2. The van der Waals surface area contributed by atoms with Crippen molar-refractivity contribution in [1.29, 1.82) is 0 Å². The number of aromatic amines is 1. The van der Waals surface area contributed by atoms with Crippen molar-refractivity contribution < 1.29 is 4.52 Å². The van der Waals surface area contributed by atoms with Gasteiger partial charge in [0.25, 0.3) is 0 Å². The van der Waals surface area contributed by atoms with Gasteiger partial charge in [-0.1, -0.05) is 41.5 Å². The molecule has 1 aliphatic carbocycles. The van der Waals surface area contributed by atoms with Gasteiger partial charge >= 0.3 is 0 Å². The van der Waals surface area contributed by atoms with Crippen LogP contribution in [0.15, 0.2) is 22.9 Å². The number of hydrogen-bond donors (Lipinski definition) is 1. The van der Waals surface area contributed by atoms with Crippen molar-refractivity contribution in [2.75, 3.05) is 19.6 Å². The van der Waals surface area contributed by atoms with Gasteiger partial charge in [-0.2, -0.15) is 0 Å². The number of fused-ring (bicyclic) bond motifs is 3. The standard InChI is InChI=1S/C28H41N3O/c1-27(2,3)20-10-13-31(14-11-20)17-18-7-8-19(15-18)22-16-23-21(9-12-29-23)24-25(22)32-30-26(24)28(4,5)6/h9,12,16,18-20,30H,7-8,10-11,13-15,17H2,1-6H3/t18-,19?/m0/s1. The summed E-state index contributed by atoms with van der Waals surface area (Å²) in [4.78, 5) is 7.42. The van der Waals surface area contributed by atoms with Crippen LogP contribution in [0.2, 0.25) is 0 Å². The highest BCUT2D eigenvalue weighted by atomic mass is 16.5. The summed E-state index contributed by atoms with van der Waals surface area (Å²) in [5, 5.41) is 5.74. The van der Waals surface area contributed by atoms with Crippen LogP contribution in [0, 0.1) is 17.3 Å². The molecule has 1 N–H and O–H groups in total. The van der Waals surface area contributed by atoms with E-state index in [9.17, 15) is 0 Å². The van der Waals surface area contributed by atoms with Crippen molar-refractivity contribution in [3.05, 3.63) is 29.6 Å². The summed E-state index contributed by atoms with van der Waals surface area (Å²) in [5.41, 5.74) is 5.18. The first-order valence-corrected chi connectivity index (χ1v) is 12.7. The Labute approximate surface area is 193 Å². The molecule has 0 amide bonds. The second kappa shape index (κ2) is 7.90. The minimum Gasteiger partial charge on any atom is -0.381 e. The summed E-state index contributed by atoms with van der Waals surface area (Å²) in [7, 11) is 0. The Morgan fingerprint density at radius 3 is 2.50 bits per heavy atom. The van der Waals surface area contributed by atoms with Gasteiger partial charge in [0, 0.05) is 29.1 Å². The van der Waals surface area contributed by atoms with E-state index in [1.165, 1.54) is 73.8 Å². The molecular weight excluding hydrogens is 394 g/mol. The van der Waals surface area contributed by atoms with E-state index in [-0.39, 0.29) is 5.41 Å². The lowest BCUT2D eigenvalue weighted by Crippen LogP contribution is -2.40. The number of nitrogens with zero attached hydrogens (tertiary/aromatic N) is 2. The normalized spacial score (nSPS) is 24.2. The van der Waals surface area contributed by atoms with Crippen LogP contribution in [-0.4, -0.2) is 34.7 Å². The molecule has 3 aromatic rings. The van der Waals surface area contributed by atoms with Gasteiger partial charge in [-0.05, 0) is 80.5 Å². The van der Waals surface area contributed by atoms with E-state index >= 15 is 0 Å². The van der Waals surface area contributed by atoms with Crippen LogP contribution in [0.1, 0.15) is 90.8 Å². The molecule has 4 nitrogen and oxygen atoms in total. The fourth-order valence-corrected chi connectivity index (χ4v) is 6.37. The van der Waals surface area contributed by atoms with Crippen LogP contribution in [0.4, 0.5) is 0 Å². The van der Waals surface area contributed by atoms with Crippen LogP contribution in [0.5, 0.6) is 0 Å². The number of benzene rings is 1. The first-order valence-electron chi connectivity index (χ1n) is 12.7. The van der Waals surface area contributed by atoms with Crippen LogP contribution in [0.3, 0.4) is 0 Å². The summed E-state index contributed by atoms with van der Waals surface area (Å²) in [5.74, 6) is 2.24. The summed E-state index contributed by atoms with van der Waals surface area (Å²) in [6.45, 7) is 17.8. The second-order valence-corrected chi connectivity index (χ2v) is 12.7. The van der Waals surface area contributed by atoms with Gasteiger partial charge in [0.15, 0.2) is 5.58 Å². The van der Waals surface area contributed by atoms with Crippen molar-refractivity contribution in [3.63, 3.8) is 0 Å². The molecule has 3 heterocycles. The fourth-order valence-electron chi connectivity index (χ4n) is 6.37. The first kappa shape index (κ1) is 22.0. The molecule has 1 unspecified atom stereocenters. The zero-order valence-electron chi connectivity index (χ0n) is 20.9. The smallest absolute Gasteiger partial charge is 0.168 e. The van der Waals surface area contributed by atoms with Crippen molar-refractivity contribution in [2.24, 2.45) is 17.3 Å². The predicted molar refractivity (Wildman–Crippen MR) is 133 cm³/mol. The Morgan fingerprint density at radius 1 is 1.06 bits per heavy atom. The largest absolute Gasteiger partial charge is 0.381 e. The zero-order chi connectivity index (χ0) is 22.7. The molecule has 1 saturated carbocycles. The van der Waals surface area contributed by atoms with E-state index in [4.69, 9.17) is 4.52 Å². The molecule has 5 rings (SSSR count). The third-order valence-electron chi connectivity index (χ3n) is 8.35. The third kappa shape index (κ3) is 4.00. The lowest BCUT2D eigenvalue weighted by molar-refractivity contribution is 0.101. The van der Waals surface area contributed by atoms with Gasteiger partial charge in [0.05, 0.1) is 16.6 Å².